The lowest BCUT2D eigenvalue weighted by molar-refractivity contribution is 0.0846. The van der Waals surface area contributed by atoms with Crippen LogP contribution in [0.15, 0.2) is 53.0 Å². The Bertz CT molecular complexity index is 644. The molecule has 0 atom stereocenters. The molecular formula is C14H10BrFN2O2. The fraction of sp³-hybridized carbons (Fsp3) is 0. The van der Waals surface area contributed by atoms with Crippen molar-refractivity contribution in [3.8, 4) is 0 Å². The van der Waals surface area contributed by atoms with Crippen molar-refractivity contribution in [2.75, 3.05) is 0 Å². The molecule has 20 heavy (non-hydrogen) atoms. The summed E-state index contributed by atoms with van der Waals surface area (Å²) in [4.78, 5) is 23.6. The first-order valence-electron chi connectivity index (χ1n) is 5.68. The van der Waals surface area contributed by atoms with E-state index in [1.165, 1.54) is 24.3 Å². The topological polar surface area (TPSA) is 58.2 Å². The van der Waals surface area contributed by atoms with Crippen molar-refractivity contribution >= 4 is 27.7 Å². The van der Waals surface area contributed by atoms with E-state index in [0.29, 0.717) is 10.0 Å². The Morgan fingerprint density at radius 3 is 2.15 bits per heavy atom. The van der Waals surface area contributed by atoms with E-state index in [1.54, 1.807) is 24.3 Å². The lowest BCUT2D eigenvalue weighted by Gasteiger charge is -2.08. The molecule has 0 bridgehead atoms. The molecule has 102 valence electrons. The van der Waals surface area contributed by atoms with Crippen molar-refractivity contribution in [2.24, 2.45) is 0 Å². The summed E-state index contributed by atoms with van der Waals surface area (Å²) in [6, 6.07) is 11.8. The predicted octanol–water partition coefficient (Wildman–Crippen LogP) is 2.66. The van der Waals surface area contributed by atoms with Crippen LogP contribution in [0, 0.1) is 5.82 Å². The van der Waals surface area contributed by atoms with Gasteiger partial charge in [0.2, 0.25) is 0 Å². The standard InChI is InChI=1S/C14H10BrFN2O2/c15-12-4-2-1-3-11(12)14(20)18-17-13(19)9-5-7-10(16)8-6-9/h1-8H,(H,17,19)(H,18,20). The molecule has 2 N–H and O–H groups in total. The maximum Gasteiger partial charge on any atom is 0.270 e. The van der Waals surface area contributed by atoms with E-state index in [1.807, 2.05) is 0 Å². The van der Waals surface area contributed by atoms with E-state index >= 15 is 0 Å². The molecule has 0 fully saturated rings. The van der Waals surface area contributed by atoms with Crippen LogP contribution in [0.25, 0.3) is 0 Å². The molecule has 0 radical (unpaired) electrons. The number of nitrogens with one attached hydrogen (secondary N) is 2. The molecule has 0 unspecified atom stereocenters. The molecule has 0 saturated heterocycles. The molecule has 0 spiro atoms. The minimum atomic E-state index is -0.523. The van der Waals surface area contributed by atoms with Gasteiger partial charge in [-0.1, -0.05) is 12.1 Å². The van der Waals surface area contributed by atoms with Crippen molar-refractivity contribution < 1.29 is 14.0 Å². The quantitative estimate of drug-likeness (QED) is 0.828. The summed E-state index contributed by atoms with van der Waals surface area (Å²) in [6.45, 7) is 0. The van der Waals surface area contributed by atoms with E-state index in [9.17, 15) is 14.0 Å². The minimum Gasteiger partial charge on any atom is -0.267 e. The summed E-state index contributed by atoms with van der Waals surface area (Å²) in [5.41, 5.74) is 5.20. The molecule has 0 saturated carbocycles. The van der Waals surface area contributed by atoms with Gasteiger partial charge >= 0.3 is 0 Å². The molecule has 2 aromatic carbocycles. The first-order chi connectivity index (χ1) is 9.58. The Morgan fingerprint density at radius 2 is 1.50 bits per heavy atom. The SMILES string of the molecule is O=C(NNC(=O)c1ccccc1Br)c1ccc(F)cc1. The number of hydrogen-bond acceptors (Lipinski definition) is 2. The monoisotopic (exact) mass is 336 g/mol. The molecule has 0 aliphatic carbocycles. The first-order valence-corrected chi connectivity index (χ1v) is 6.48. The van der Waals surface area contributed by atoms with Crippen molar-refractivity contribution in [3.63, 3.8) is 0 Å². The number of carbonyl (C=O) groups excluding carboxylic acids is 2. The van der Waals surface area contributed by atoms with Crippen LogP contribution in [-0.2, 0) is 0 Å². The predicted molar refractivity (Wildman–Crippen MR) is 75.5 cm³/mol. The first kappa shape index (κ1) is 14.2. The average Bonchev–Trinajstić information content (AvgIpc) is 2.45. The van der Waals surface area contributed by atoms with E-state index in [-0.39, 0.29) is 5.56 Å². The van der Waals surface area contributed by atoms with Crippen molar-refractivity contribution in [2.45, 2.75) is 0 Å². The summed E-state index contributed by atoms with van der Waals surface area (Å²) >= 11 is 3.24. The van der Waals surface area contributed by atoms with Crippen LogP contribution in [0.4, 0.5) is 4.39 Å². The van der Waals surface area contributed by atoms with E-state index in [4.69, 9.17) is 0 Å². The van der Waals surface area contributed by atoms with Crippen molar-refractivity contribution in [1.82, 2.24) is 10.9 Å². The summed E-state index contributed by atoms with van der Waals surface area (Å²) in [5, 5.41) is 0. The summed E-state index contributed by atoms with van der Waals surface area (Å²) in [6.07, 6.45) is 0. The van der Waals surface area contributed by atoms with Gasteiger partial charge in [-0.05, 0) is 52.3 Å². The third kappa shape index (κ3) is 3.42. The van der Waals surface area contributed by atoms with Gasteiger partial charge in [0, 0.05) is 10.0 Å². The molecule has 0 heterocycles. The number of hydrogen-bond donors (Lipinski definition) is 2. The molecular weight excluding hydrogens is 327 g/mol. The number of halogens is 2. The van der Waals surface area contributed by atoms with Crippen molar-refractivity contribution in [1.29, 1.82) is 0 Å². The molecule has 2 rings (SSSR count). The lowest BCUT2D eigenvalue weighted by atomic mass is 10.2. The summed E-state index contributed by atoms with van der Waals surface area (Å²) in [5.74, 6) is -1.41. The van der Waals surface area contributed by atoms with Gasteiger partial charge in [-0.2, -0.15) is 0 Å². The van der Waals surface area contributed by atoms with Gasteiger partial charge in [-0.25, -0.2) is 4.39 Å². The molecule has 0 aromatic heterocycles. The second-order valence-corrected chi connectivity index (χ2v) is 4.75. The summed E-state index contributed by atoms with van der Waals surface area (Å²) < 4.78 is 13.3. The minimum absolute atomic E-state index is 0.249. The van der Waals surface area contributed by atoms with E-state index in [2.05, 4.69) is 26.8 Å². The second-order valence-electron chi connectivity index (χ2n) is 3.89. The van der Waals surface area contributed by atoms with Crippen LogP contribution in [-0.4, -0.2) is 11.8 Å². The zero-order valence-electron chi connectivity index (χ0n) is 10.2. The third-order valence-electron chi connectivity index (χ3n) is 2.51. The third-order valence-corrected chi connectivity index (χ3v) is 3.21. The average molecular weight is 337 g/mol. The molecule has 0 aliphatic rings. The van der Waals surface area contributed by atoms with Gasteiger partial charge in [-0.3, -0.25) is 20.4 Å². The van der Waals surface area contributed by atoms with Gasteiger partial charge in [-0.15, -0.1) is 0 Å². The van der Waals surface area contributed by atoms with Crippen LogP contribution in [0.5, 0.6) is 0 Å². The van der Waals surface area contributed by atoms with Crippen LogP contribution in [0.2, 0.25) is 0 Å². The van der Waals surface area contributed by atoms with Gasteiger partial charge in [0.05, 0.1) is 5.56 Å². The van der Waals surface area contributed by atoms with Gasteiger partial charge < -0.3 is 0 Å². The maximum absolute atomic E-state index is 12.7. The van der Waals surface area contributed by atoms with E-state index < -0.39 is 17.6 Å². The van der Waals surface area contributed by atoms with Crippen LogP contribution >= 0.6 is 15.9 Å². The number of amides is 2. The van der Waals surface area contributed by atoms with Crippen LogP contribution < -0.4 is 10.9 Å². The van der Waals surface area contributed by atoms with E-state index in [0.717, 1.165) is 0 Å². The zero-order chi connectivity index (χ0) is 14.5. The number of rotatable bonds is 2. The zero-order valence-corrected chi connectivity index (χ0v) is 11.8. The fourth-order valence-electron chi connectivity index (χ4n) is 1.50. The number of hydrazine groups is 1. The Kier molecular flexibility index (Phi) is 4.47. The Hall–Kier alpha value is -2.21. The largest absolute Gasteiger partial charge is 0.270 e. The van der Waals surface area contributed by atoms with Crippen molar-refractivity contribution in [3.05, 3.63) is 69.9 Å². The normalized spacial score (nSPS) is 9.90. The summed E-state index contributed by atoms with van der Waals surface area (Å²) in [7, 11) is 0. The Balaban J connectivity index is 1.99. The molecule has 2 amide bonds. The fourth-order valence-corrected chi connectivity index (χ4v) is 1.96. The number of benzene rings is 2. The Morgan fingerprint density at radius 1 is 0.900 bits per heavy atom. The molecule has 6 heteroatoms. The highest BCUT2D eigenvalue weighted by molar-refractivity contribution is 9.10. The van der Waals surface area contributed by atoms with Crippen LogP contribution in [0.1, 0.15) is 20.7 Å². The lowest BCUT2D eigenvalue weighted by Crippen LogP contribution is -2.41. The highest BCUT2D eigenvalue weighted by atomic mass is 79.9. The number of carbonyl (C=O) groups is 2. The Labute approximate surface area is 123 Å². The van der Waals surface area contributed by atoms with Crippen LogP contribution in [0.3, 0.4) is 0 Å². The van der Waals surface area contributed by atoms with Gasteiger partial charge in [0.25, 0.3) is 11.8 Å². The molecule has 0 aliphatic heterocycles. The highest BCUT2D eigenvalue weighted by Gasteiger charge is 2.11. The van der Waals surface area contributed by atoms with Gasteiger partial charge in [0.1, 0.15) is 5.82 Å². The maximum atomic E-state index is 12.7. The molecule has 4 nitrogen and oxygen atoms in total. The molecule has 2 aromatic rings. The van der Waals surface area contributed by atoms with Gasteiger partial charge in [0.15, 0.2) is 0 Å². The smallest absolute Gasteiger partial charge is 0.267 e. The second kappa shape index (κ2) is 6.29. The highest BCUT2D eigenvalue weighted by Crippen LogP contribution is 2.15.